The molecule has 1 aromatic heterocycles. The Hall–Kier alpha value is -2.98. The first-order chi connectivity index (χ1) is 15.5. The number of methoxy groups -OCH3 is 1. The molecule has 0 aliphatic carbocycles. The van der Waals surface area contributed by atoms with Crippen molar-refractivity contribution in [1.29, 1.82) is 0 Å². The van der Waals surface area contributed by atoms with Crippen molar-refractivity contribution in [2.75, 3.05) is 20.0 Å². The number of ether oxygens (including phenoxy) is 3. The first-order valence-electron chi connectivity index (χ1n) is 9.56. The topological polar surface area (TPSA) is 91.8 Å². The lowest BCUT2D eigenvalue weighted by Crippen LogP contribution is -2.13. The van der Waals surface area contributed by atoms with Crippen LogP contribution in [0.5, 0.6) is 11.6 Å². The van der Waals surface area contributed by atoms with Crippen LogP contribution in [-0.4, -0.2) is 46.0 Å². The Morgan fingerprint density at radius 3 is 2.39 bits per heavy atom. The van der Waals surface area contributed by atoms with Crippen LogP contribution in [0, 0.1) is 6.92 Å². The largest absolute Gasteiger partial charge is 0.481 e. The quantitative estimate of drug-likeness (QED) is 0.425. The van der Waals surface area contributed by atoms with Gasteiger partial charge in [-0.1, -0.05) is 23.7 Å². The van der Waals surface area contributed by atoms with Gasteiger partial charge in [0.05, 0.1) is 22.5 Å². The van der Waals surface area contributed by atoms with Gasteiger partial charge in [0, 0.05) is 23.6 Å². The Kier molecular flexibility index (Phi) is 7.38. The Bertz CT molecular complexity index is 1300. The van der Waals surface area contributed by atoms with Crippen LogP contribution < -0.4 is 9.47 Å². The number of sulfone groups is 1. The third kappa shape index (κ3) is 5.69. The Balaban J connectivity index is 2.14. The number of hydrogen-bond acceptors (Lipinski definition) is 7. The second-order valence-electron chi connectivity index (χ2n) is 7.13. The number of fused-ring (bicyclic) bond motifs is 1. The fourth-order valence-corrected chi connectivity index (χ4v) is 4.09. The number of halogens is 3. The summed E-state index contributed by atoms with van der Waals surface area (Å²) in [6.07, 6.45) is 1.21. The van der Waals surface area contributed by atoms with Crippen LogP contribution in [0.4, 0.5) is 8.78 Å². The summed E-state index contributed by atoms with van der Waals surface area (Å²) >= 11 is 6.26. The monoisotopic (exact) mass is 499 g/mol. The third-order valence-corrected chi connectivity index (χ3v) is 6.33. The van der Waals surface area contributed by atoms with E-state index < -0.39 is 22.4 Å². The summed E-state index contributed by atoms with van der Waals surface area (Å²) in [4.78, 5) is 15.9. The van der Waals surface area contributed by atoms with E-state index >= 15 is 0 Å². The number of pyridine rings is 1. The molecular formula is C22H20ClF2NO6S. The van der Waals surface area contributed by atoms with Gasteiger partial charge < -0.3 is 14.2 Å². The predicted octanol–water partition coefficient (Wildman–Crippen LogP) is 4.34. The lowest BCUT2D eigenvalue weighted by Gasteiger charge is -2.18. The van der Waals surface area contributed by atoms with Gasteiger partial charge in [-0.2, -0.15) is 8.78 Å². The van der Waals surface area contributed by atoms with E-state index in [4.69, 9.17) is 16.3 Å². The lowest BCUT2D eigenvalue weighted by molar-refractivity contribution is -0.142. The molecule has 0 atom stereocenters. The van der Waals surface area contributed by atoms with Crippen LogP contribution >= 0.6 is 11.6 Å². The van der Waals surface area contributed by atoms with Crippen LogP contribution in [0.2, 0.25) is 5.02 Å². The van der Waals surface area contributed by atoms with Crippen molar-refractivity contribution in [1.82, 2.24) is 4.98 Å². The normalized spacial score (nSPS) is 11.6. The average molecular weight is 500 g/mol. The minimum atomic E-state index is -3.38. The van der Waals surface area contributed by atoms with Crippen molar-refractivity contribution in [3.63, 3.8) is 0 Å². The van der Waals surface area contributed by atoms with E-state index in [0.29, 0.717) is 22.1 Å². The van der Waals surface area contributed by atoms with Crippen LogP contribution in [0.25, 0.3) is 10.9 Å². The van der Waals surface area contributed by atoms with E-state index in [2.05, 4.69) is 14.5 Å². The zero-order valence-corrected chi connectivity index (χ0v) is 19.5. The number of rotatable bonds is 8. The van der Waals surface area contributed by atoms with Crippen LogP contribution in [0.3, 0.4) is 0 Å². The minimum absolute atomic E-state index is 0.115. The van der Waals surface area contributed by atoms with Crippen LogP contribution in [0.15, 0.2) is 41.3 Å². The Labute approximate surface area is 194 Å². The van der Waals surface area contributed by atoms with E-state index in [0.717, 1.165) is 6.26 Å². The van der Waals surface area contributed by atoms with Crippen molar-refractivity contribution >= 4 is 38.3 Å². The lowest BCUT2D eigenvalue weighted by atomic mass is 9.98. The summed E-state index contributed by atoms with van der Waals surface area (Å²) in [6, 6.07) is 9.05. The highest BCUT2D eigenvalue weighted by Crippen LogP contribution is 2.38. The number of hydrogen-bond donors (Lipinski definition) is 0. The maximum Gasteiger partial charge on any atom is 0.388 e. The number of esters is 1. The van der Waals surface area contributed by atoms with Gasteiger partial charge in [-0.15, -0.1) is 0 Å². The first kappa shape index (κ1) is 24.7. The summed E-state index contributed by atoms with van der Waals surface area (Å²) in [5.41, 5.74) is 1.65. The van der Waals surface area contributed by atoms with E-state index in [1.807, 2.05) is 0 Å². The summed E-state index contributed by atoms with van der Waals surface area (Å²) in [7, 11) is -2.16. The summed E-state index contributed by atoms with van der Waals surface area (Å²) in [6.45, 7) is -1.83. The summed E-state index contributed by atoms with van der Waals surface area (Å²) < 4.78 is 64.5. The Morgan fingerprint density at radius 1 is 1.15 bits per heavy atom. The number of nitrogens with zero attached hydrogens (tertiary/aromatic N) is 1. The smallest absolute Gasteiger partial charge is 0.388 e. The number of benzene rings is 2. The van der Waals surface area contributed by atoms with Crippen LogP contribution in [0.1, 0.15) is 16.7 Å². The number of aromatic nitrogens is 1. The maximum atomic E-state index is 13.1. The molecule has 0 aliphatic heterocycles. The molecular weight excluding hydrogens is 480 g/mol. The zero-order valence-electron chi connectivity index (χ0n) is 17.9. The highest BCUT2D eigenvalue weighted by Gasteiger charge is 2.21. The molecule has 2 aromatic carbocycles. The van der Waals surface area contributed by atoms with Gasteiger partial charge in [0.25, 0.3) is 0 Å². The molecule has 3 aromatic rings. The SMILES string of the molecule is COC(=O)COc1ccc(Cl)c2nc(OC(F)F)c(Cc3ccc(S(C)(=O)=O)cc3)c(C)c12. The van der Waals surface area contributed by atoms with Crippen LogP contribution in [-0.2, 0) is 25.8 Å². The number of aryl methyl sites for hydroxylation is 1. The number of carbonyl (C=O) groups excluding carboxylic acids is 1. The van der Waals surface area contributed by atoms with Gasteiger partial charge in [-0.25, -0.2) is 18.2 Å². The molecule has 0 bridgehead atoms. The molecule has 3 rings (SSSR count). The molecule has 11 heteroatoms. The van der Waals surface area contributed by atoms with Gasteiger partial charge >= 0.3 is 12.6 Å². The standard InChI is InChI=1S/C22H20ClF2NO6S/c1-12-15(10-13-4-6-14(7-5-13)33(3,28)29)21(32-22(24)25)26-20-16(23)8-9-17(19(12)20)31-11-18(27)30-2/h4-9,22H,10-11H2,1-3H3. The molecule has 7 nitrogen and oxygen atoms in total. The minimum Gasteiger partial charge on any atom is -0.481 e. The fourth-order valence-electron chi connectivity index (χ4n) is 3.26. The van der Waals surface area contributed by atoms with Gasteiger partial charge in [0.2, 0.25) is 5.88 Å². The molecule has 0 radical (unpaired) electrons. The van der Waals surface area contributed by atoms with Gasteiger partial charge in [0.1, 0.15) is 5.75 Å². The van der Waals surface area contributed by atoms with E-state index in [-0.39, 0.29) is 40.1 Å². The van der Waals surface area contributed by atoms with Gasteiger partial charge in [0.15, 0.2) is 16.4 Å². The molecule has 0 unspecified atom stereocenters. The molecule has 0 fully saturated rings. The Morgan fingerprint density at radius 2 is 1.82 bits per heavy atom. The molecule has 33 heavy (non-hydrogen) atoms. The first-order valence-corrected chi connectivity index (χ1v) is 11.8. The molecule has 0 spiro atoms. The second-order valence-corrected chi connectivity index (χ2v) is 9.55. The molecule has 0 N–H and O–H groups in total. The zero-order chi connectivity index (χ0) is 24.3. The fraction of sp³-hybridized carbons (Fsp3) is 0.273. The third-order valence-electron chi connectivity index (χ3n) is 4.90. The summed E-state index contributed by atoms with van der Waals surface area (Å²) in [5.74, 6) is -0.649. The van der Waals surface area contributed by atoms with Crippen molar-refractivity contribution in [3.05, 3.63) is 58.1 Å². The molecule has 0 aliphatic rings. The van der Waals surface area contributed by atoms with Crippen molar-refractivity contribution in [3.8, 4) is 11.6 Å². The highest BCUT2D eigenvalue weighted by molar-refractivity contribution is 7.90. The van der Waals surface area contributed by atoms with E-state index in [1.165, 1.54) is 25.3 Å². The van der Waals surface area contributed by atoms with Gasteiger partial charge in [-0.3, -0.25) is 0 Å². The van der Waals surface area contributed by atoms with Crippen molar-refractivity contribution in [2.24, 2.45) is 0 Å². The number of alkyl halides is 2. The molecule has 0 saturated carbocycles. The van der Waals surface area contributed by atoms with E-state index in [9.17, 15) is 22.0 Å². The molecule has 1 heterocycles. The highest BCUT2D eigenvalue weighted by atomic mass is 35.5. The average Bonchev–Trinajstić information content (AvgIpc) is 2.75. The molecule has 0 amide bonds. The second kappa shape index (κ2) is 9.88. The summed E-state index contributed by atoms with van der Waals surface area (Å²) in [5, 5.41) is 0.609. The maximum absolute atomic E-state index is 13.1. The molecule has 0 saturated heterocycles. The van der Waals surface area contributed by atoms with E-state index in [1.54, 1.807) is 25.1 Å². The predicted molar refractivity (Wildman–Crippen MR) is 118 cm³/mol. The van der Waals surface area contributed by atoms with Crippen molar-refractivity contribution in [2.45, 2.75) is 24.9 Å². The number of carbonyl (C=O) groups is 1. The van der Waals surface area contributed by atoms with Gasteiger partial charge in [-0.05, 0) is 42.3 Å². The van der Waals surface area contributed by atoms with Crippen molar-refractivity contribution < 1.29 is 36.2 Å². The molecule has 176 valence electrons.